The van der Waals surface area contributed by atoms with Gasteiger partial charge in [-0.05, 0) is 50.2 Å². The molecule has 0 aliphatic heterocycles. The Labute approximate surface area is 145 Å². The van der Waals surface area contributed by atoms with Crippen LogP contribution in [0.15, 0.2) is 53.2 Å². The first kappa shape index (κ1) is 16.5. The Bertz CT molecular complexity index is 859. The molecule has 1 aromatic carbocycles. The van der Waals surface area contributed by atoms with Crippen molar-refractivity contribution in [3.63, 3.8) is 0 Å². The number of nitrogens with one attached hydrogen (secondary N) is 2. The molecule has 0 saturated heterocycles. The van der Waals surface area contributed by atoms with Gasteiger partial charge in [-0.1, -0.05) is 5.16 Å². The third-order valence-corrected chi connectivity index (χ3v) is 3.32. The second-order valence-electron chi connectivity index (χ2n) is 5.29. The standard InChI is InChI=1S/C18H18N4O3/c1-3-24-15-6-4-13(5-7-15)20-14-8-9-19-16(11-14)18(23)21-17-10-12(2)25-22-17/h4-11H,3H2,1-2H3,(H,19,20)(H,21,22,23). The van der Waals surface area contributed by atoms with Gasteiger partial charge in [0.1, 0.15) is 17.2 Å². The minimum absolute atomic E-state index is 0.275. The minimum Gasteiger partial charge on any atom is -0.494 e. The summed E-state index contributed by atoms with van der Waals surface area (Å²) in [5.41, 5.74) is 1.91. The van der Waals surface area contributed by atoms with Crippen LogP contribution in [0, 0.1) is 6.92 Å². The fourth-order valence-electron chi connectivity index (χ4n) is 2.21. The summed E-state index contributed by atoms with van der Waals surface area (Å²) in [6, 6.07) is 12.7. The molecule has 3 rings (SSSR count). The van der Waals surface area contributed by atoms with Gasteiger partial charge in [0.05, 0.1) is 6.61 Å². The molecule has 0 saturated carbocycles. The molecule has 128 valence electrons. The molecular weight excluding hydrogens is 320 g/mol. The number of carbonyl (C=O) groups is 1. The molecule has 2 aromatic heterocycles. The van der Waals surface area contributed by atoms with E-state index in [4.69, 9.17) is 9.26 Å². The van der Waals surface area contributed by atoms with Crippen molar-refractivity contribution in [2.24, 2.45) is 0 Å². The molecule has 0 unspecified atom stereocenters. The number of benzene rings is 1. The maximum atomic E-state index is 12.2. The van der Waals surface area contributed by atoms with Crippen molar-refractivity contribution >= 4 is 23.1 Å². The number of anilines is 3. The van der Waals surface area contributed by atoms with E-state index in [1.165, 1.54) is 0 Å². The Morgan fingerprint density at radius 2 is 1.96 bits per heavy atom. The van der Waals surface area contributed by atoms with Crippen LogP contribution >= 0.6 is 0 Å². The summed E-state index contributed by atoms with van der Waals surface area (Å²) in [4.78, 5) is 16.3. The summed E-state index contributed by atoms with van der Waals surface area (Å²) in [6.45, 7) is 4.32. The van der Waals surface area contributed by atoms with Gasteiger partial charge < -0.3 is 19.9 Å². The van der Waals surface area contributed by atoms with Crippen LogP contribution in [0.1, 0.15) is 23.2 Å². The summed E-state index contributed by atoms with van der Waals surface area (Å²) in [7, 11) is 0. The Morgan fingerprint density at radius 3 is 2.64 bits per heavy atom. The summed E-state index contributed by atoms with van der Waals surface area (Å²) in [6.07, 6.45) is 1.57. The number of carbonyl (C=O) groups excluding carboxylic acids is 1. The Balaban J connectivity index is 1.69. The molecule has 25 heavy (non-hydrogen) atoms. The third-order valence-electron chi connectivity index (χ3n) is 3.32. The minimum atomic E-state index is -0.358. The fraction of sp³-hybridized carbons (Fsp3) is 0.167. The van der Waals surface area contributed by atoms with Crippen molar-refractivity contribution in [1.82, 2.24) is 10.1 Å². The lowest BCUT2D eigenvalue weighted by molar-refractivity contribution is 0.102. The van der Waals surface area contributed by atoms with Gasteiger partial charge in [-0.3, -0.25) is 9.78 Å². The lowest BCUT2D eigenvalue weighted by Crippen LogP contribution is -2.14. The van der Waals surface area contributed by atoms with Gasteiger partial charge in [0.15, 0.2) is 5.82 Å². The van der Waals surface area contributed by atoms with Crippen molar-refractivity contribution in [2.75, 3.05) is 17.2 Å². The normalized spacial score (nSPS) is 10.3. The lowest BCUT2D eigenvalue weighted by Gasteiger charge is -2.09. The van der Waals surface area contributed by atoms with E-state index in [9.17, 15) is 4.79 Å². The zero-order valence-corrected chi connectivity index (χ0v) is 13.9. The monoisotopic (exact) mass is 338 g/mol. The molecule has 0 spiro atoms. The lowest BCUT2D eigenvalue weighted by atomic mass is 10.2. The van der Waals surface area contributed by atoms with Crippen molar-refractivity contribution in [2.45, 2.75) is 13.8 Å². The molecular formula is C18H18N4O3. The van der Waals surface area contributed by atoms with E-state index in [0.717, 1.165) is 17.1 Å². The predicted molar refractivity (Wildman–Crippen MR) is 94.3 cm³/mol. The Hall–Kier alpha value is -3.35. The number of aryl methyl sites for hydroxylation is 1. The third kappa shape index (κ3) is 4.35. The molecule has 3 aromatic rings. The van der Waals surface area contributed by atoms with E-state index in [1.807, 2.05) is 31.2 Å². The van der Waals surface area contributed by atoms with Gasteiger partial charge in [0.25, 0.3) is 5.91 Å². The maximum Gasteiger partial charge on any atom is 0.275 e. The number of amides is 1. The van der Waals surface area contributed by atoms with E-state index >= 15 is 0 Å². The van der Waals surface area contributed by atoms with E-state index in [2.05, 4.69) is 20.8 Å². The van der Waals surface area contributed by atoms with E-state index in [-0.39, 0.29) is 11.6 Å². The summed E-state index contributed by atoms with van der Waals surface area (Å²) >= 11 is 0. The molecule has 0 bridgehead atoms. The van der Waals surface area contributed by atoms with Gasteiger partial charge in [0, 0.05) is 23.6 Å². The number of nitrogens with zero attached hydrogens (tertiary/aromatic N) is 2. The molecule has 2 N–H and O–H groups in total. The second-order valence-corrected chi connectivity index (χ2v) is 5.29. The summed E-state index contributed by atoms with van der Waals surface area (Å²) in [5.74, 6) is 1.43. The van der Waals surface area contributed by atoms with Crippen LogP contribution in [0.4, 0.5) is 17.2 Å². The number of hydrogen-bond donors (Lipinski definition) is 2. The number of hydrogen-bond acceptors (Lipinski definition) is 6. The van der Waals surface area contributed by atoms with Crippen LogP contribution in [0.2, 0.25) is 0 Å². The van der Waals surface area contributed by atoms with E-state index < -0.39 is 0 Å². The number of ether oxygens (including phenoxy) is 1. The highest BCUT2D eigenvalue weighted by Gasteiger charge is 2.11. The molecule has 7 heteroatoms. The number of pyridine rings is 1. The Morgan fingerprint density at radius 1 is 1.16 bits per heavy atom. The van der Waals surface area contributed by atoms with Gasteiger partial charge in [-0.15, -0.1) is 0 Å². The number of aromatic nitrogens is 2. The summed E-state index contributed by atoms with van der Waals surface area (Å²) in [5, 5.41) is 9.60. The van der Waals surface area contributed by atoms with E-state index in [0.29, 0.717) is 18.2 Å². The van der Waals surface area contributed by atoms with Crippen LogP contribution < -0.4 is 15.4 Å². The highest BCUT2D eigenvalue weighted by Crippen LogP contribution is 2.20. The van der Waals surface area contributed by atoms with Crippen molar-refractivity contribution in [1.29, 1.82) is 0 Å². The molecule has 0 atom stereocenters. The molecule has 0 radical (unpaired) electrons. The molecule has 0 aliphatic rings. The molecule has 7 nitrogen and oxygen atoms in total. The van der Waals surface area contributed by atoms with Crippen LogP contribution in [-0.2, 0) is 0 Å². The quantitative estimate of drug-likeness (QED) is 0.711. The van der Waals surface area contributed by atoms with Crippen LogP contribution in [0.3, 0.4) is 0 Å². The van der Waals surface area contributed by atoms with Crippen molar-refractivity contribution in [3.05, 3.63) is 60.1 Å². The second kappa shape index (κ2) is 7.48. The summed E-state index contributed by atoms with van der Waals surface area (Å²) < 4.78 is 10.3. The van der Waals surface area contributed by atoms with Crippen molar-refractivity contribution < 1.29 is 14.1 Å². The largest absolute Gasteiger partial charge is 0.494 e. The predicted octanol–water partition coefficient (Wildman–Crippen LogP) is 3.77. The first-order valence-corrected chi connectivity index (χ1v) is 7.84. The first-order valence-electron chi connectivity index (χ1n) is 7.84. The topological polar surface area (TPSA) is 89.3 Å². The fourth-order valence-corrected chi connectivity index (χ4v) is 2.21. The number of rotatable bonds is 6. The van der Waals surface area contributed by atoms with Crippen LogP contribution in [0.5, 0.6) is 5.75 Å². The highest BCUT2D eigenvalue weighted by molar-refractivity contribution is 6.02. The molecule has 2 heterocycles. The molecule has 0 aliphatic carbocycles. The van der Waals surface area contributed by atoms with Crippen LogP contribution in [0.25, 0.3) is 0 Å². The van der Waals surface area contributed by atoms with E-state index in [1.54, 1.807) is 31.3 Å². The zero-order valence-electron chi connectivity index (χ0n) is 13.9. The SMILES string of the molecule is CCOc1ccc(Nc2ccnc(C(=O)Nc3cc(C)on3)c2)cc1. The average molecular weight is 338 g/mol. The molecule has 1 amide bonds. The van der Waals surface area contributed by atoms with Gasteiger partial charge in [-0.25, -0.2) is 0 Å². The molecule has 0 fully saturated rings. The zero-order chi connectivity index (χ0) is 17.6. The smallest absolute Gasteiger partial charge is 0.275 e. The maximum absolute atomic E-state index is 12.2. The highest BCUT2D eigenvalue weighted by atomic mass is 16.5. The van der Waals surface area contributed by atoms with Gasteiger partial charge >= 0.3 is 0 Å². The van der Waals surface area contributed by atoms with Gasteiger partial charge in [-0.2, -0.15) is 0 Å². The first-order chi connectivity index (χ1) is 12.1. The van der Waals surface area contributed by atoms with Gasteiger partial charge in [0.2, 0.25) is 0 Å². The van der Waals surface area contributed by atoms with Crippen molar-refractivity contribution in [3.8, 4) is 5.75 Å². The average Bonchev–Trinajstić information content (AvgIpc) is 3.02. The van der Waals surface area contributed by atoms with Crippen LogP contribution in [-0.4, -0.2) is 22.7 Å². The Kier molecular flexibility index (Phi) is 4.94.